The number of rotatable bonds is 6. The van der Waals surface area contributed by atoms with Gasteiger partial charge in [-0.1, -0.05) is 6.07 Å². The van der Waals surface area contributed by atoms with E-state index in [4.69, 9.17) is 9.47 Å². The normalized spacial score (nSPS) is 20.1. The molecule has 8 heteroatoms. The van der Waals surface area contributed by atoms with Crippen LogP contribution in [-0.4, -0.2) is 60.8 Å². The number of aromatic nitrogens is 2. The van der Waals surface area contributed by atoms with E-state index in [1.165, 1.54) is 0 Å². The number of benzene rings is 1. The second-order valence-electron chi connectivity index (χ2n) is 8.69. The van der Waals surface area contributed by atoms with Gasteiger partial charge in [0.2, 0.25) is 0 Å². The molecule has 2 aromatic heterocycles. The smallest absolute Gasteiger partial charge is 0.267 e. The maximum Gasteiger partial charge on any atom is 0.267 e. The molecule has 2 atom stereocenters. The van der Waals surface area contributed by atoms with Crippen LogP contribution in [0.2, 0.25) is 0 Å². The first kappa shape index (κ1) is 20.6. The van der Waals surface area contributed by atoms with Crippen LogP contribution in [0.15, 0.2) is 41.2 Å². The van der Waals surface area contributed by atoms with Gasteiger partial charge in [-0.25, -0.2) is 0 Å². The summed E-state index contributed by atoms with van der Waals surface area (Å²) in [6.07, 6.45) is 1.13. The summed E-state index contributed by atoms with van der Waals surface area (Å²) in [5, 5.41) is 3.92. The van der Waals surface area contributed by atoms with Crippen molar-refractivity contribution in [1.29, 1.82) is 0 Å². The zero-order valence-electron chi connectivity index (χ0n) is 18.4. The predicted molar refractivity (Wildman–Crippen MR) is 122 cm³/mol. The monoisotopic (exact) mass is 436 g/mol. The molecular weight excluding hydrogens is 408 g/mol. The largest absolute Gasteiger partial charge is 0.493 e. The van der Waals surface area contributed by atoms with Crippen LogP contribution in [0.4, 0.5) is 0 Å². The number of methoxy groups -OCH3 is 2. The van der Waals surface area contributed by atoms with Crippen LogP contribution in [0.25, 0.3) is 10.9 Å². The summed E-state index contributed by atoms with van der Waals surface area (Å²) >= 11 is 0. The Balaban J connectivity index is 1.21. The molecule has 3 aromatic rings. The van der Waals surface area contributed by atoms with E-state index < -0.39 is 0 Å². The Morgan fingerprint density at radius 2 is 1.94 bits per heavy atom. The molecule has 32 heavy (non-hydrogen) atoms. The van der Waals surface area contributed by atoms with Crippen LogP contribution >= 0.6 is 0 Å². The minimum atomic E-state index is -0.131. The Bertz CT molecular complexity index is 1170. The summed E-state index contributed by atoms with van der Waals surface area (Å²) in [6.45, 7) is 4.02. The number of nitrogens with zero attached hydrogens (tertiary/aromatic N) is 2. The van der Waals surface area contributed by atoms with Crippen LogP contribution in [0.1, 0.15) is 28.5 Å². The fourth-order valence-electron chi connectivity index (χ4n) is 5.18. The highest BCUT2D eigenvalue weighted by molar-refractivity contribution is 5.98. The Morgan fingerprint density at radius 1 is 1.12 bits per heavy atom. The molecule has 0 spiro atoms. The molecule has 2 aliphatic heterocycles. The topological polar surface area (TPSA) is 88.6 Å². The third-order valence-electron chi connectivity index (χ3n) is 6.64. The Hall–Kier alpha value is -3.26. The number of hydrogen-bond donors (Lipinski definition) is 2. The SMILES string of the molecule is COc1cc2cc(C(=O)NCCN3C[C@H]4C[C@@H](C3)c3cccc(=O)n3C4)[nH]c2cc1OC. The molecule has 2 bridgehead atoms. The summed E-state index contributed by atoms with van der Waals surface area (Å²) < 4.78 is 12.6. The van der Waals surface area contributed by atoms with Crippen LogP contribution in [0.5, 0.6) is 11.5 Å². The number of nitrogens with one attached hydrogen (secondary N) is 2. The molecule has 1 saturated heterocycles. The number of piperidine rings is 1. The number of fused-ring (bicyclic) bond motifs is 5. The lowest BCUT2D eigenvalue weighted by Crippen LogP contribution is -2.48. The van der Waals surface area contributed by atoms with Gasteiger partial charge in [0.25, 0.3) is 11.5 Å². The number of aromatic amines is 1. The van der Waals surface area contributed by atoms with E-state index in [0.29, 0.717) is 35.6 Å². The van der Waals surface area contributed by atoms with Gasteiger partial charge in [-0.15, -0.1) is 0 Å². The summed E-state index contributed by atoms with van der Waals surface area (Å²) in [4.78, 5) is 30.4. The fraction of sp³-hybridized carbons (Fsp3) is 0.417. The van der Waals surface area contributed by atoms with Gasteiger partial charge in [-0.2, -0.15) is 0 Å². The number of carbonyl (C=O) groups excluding carboxylic acids is 1. The van der Waals surface area contributed by atoms with Crippen molar-refractivity contribution in [2.75, 3.05) is 40.4 Å². The summed E-state index contributed by atoms with van der Waals surface area (Å²) in [5.74, 6) is 1.98. The molecule has 1 amide bonds. The minimum absolute atomic E-state index is 0.103. The molecule has 4 heterocycles. The van der Waals surface area contributed by atoms with Crippen molar-refractivity contribution in [2.24, 2.45) is 5.92 Å². The molecule has 1 aromatic carbocycles. The Kier molecular flexibility index (Phi) is 5.38. The maximum absolute atomic E-state index is 12.7. The van der Waals surface area contributed by atoms with E-state index >= 15 is 0 Å². The number of carbonyl (C=O) groups is 1. The highest BCUT2D eigenvalue weighted by Crippen LogP contribution is 2.35. The number of amides is 1. The molecule has 8 nitrogen and oxygen atoms in total. The van der Waals surface area contributed by atoms with Gasteiger partial charge in [0.15, 0.2) is 11.5 Å². The van der Waals surface area contributed by atoms with Gasteiger partial charge in [0, 0.05) is 67.4 Å². The molecule has 2 N–H and O–H groups in total. The predicted octanol–water partition coefficient (Wildman–Crippen LogP) is 2.20. The zero-order chi connectivity index (χ0) is 22.2. The van der Waals surface area contributed by atoms with E-state index in [1.807, 2.05) is 28.8 Å². The van der Waals surface area contributed by atoms with Crippen molar-refractivity contribution in [3.05, 3.63) is 58.1 Å². The number of hydrogen-bond acceptors (Lipinski definition) is 5. The molecule has 5 rings (SSSR count). The maximum atomic E-state index is 12.7. The average Bonchev–Trinajstić information content (AvgIpc) is 3.22. The van der Waals surface area contributed by atoms with E-state index in [0.717, 1.165) is 49.2 Å². The van der Waals surface area contributed by atoms with Gasteiger partial charge < -0.3 is 29.2 Å². The molecule has 2 aliphatic rings. The van der Waals surface area contributed by atoms with Crippen molar-refractivity contribution < 1.29 is 14.3 Å². The Morgan fingerprint density at radius 3 is 2.75 bits per heavy atom. The standard InChI is InChI=1S/C24H28N4O4/c1-31-21-10-16-9-19(26-18(16)11-22(21)32-2)24(30)25-6-7-27-12-15-8-17(14-27)20-4-3-5-23(29)28(20)13-15/h3-5,9-11,15,17,26H,6-8,12-14H2,1-2H3,(H,25,30)/t15-,17+/m1/s1. The van der Waals surface area contributed by atoms with Crippen molar-refractivity contribution in [1.82, 2.24) is 19.8 Å². The first-order valence-electron chi connectivity index (χ1n) is 11.0. The second kappa shape index (κ2) is 8.35. The number of pyridine rings is 1. The third kappa shape index (κ3) is 3.75. The molecule has 0 aliphatic carbocycles. The quantitative estimate of drug-likeness (QED) is 0.619. The first-order valence-corrected chi connectivity index (χ1v) is 11.0. The van der Waals surface area contributed by atoms with Gasteiger partial charge in [0.05, 0.1) is 14.2 Å². The van der Waals surface area contributed by atoms with Gasteiger partial charge in [-0.3, -0.25) is 9.59 Å². The third-order valence-corrected chi connectivity index (χ3v) is 6.64. The molecule has 0 radical (unpaired) electrons. The van der Waals surface area contributed by atoms with E-state index in [1.54, 1.807) is 20.3 Å². The molecule has 0 saturated carbocycles. The van der Waals surface area contributed by atoms with Crippen LogP contribution in [0, 0.1) is 5.92 Å². The second-order valence-corrected chi connectivity index (χ2v) is 8.69. The number of ether oxygens (including phenoxy) is 2. The van der Waals surface area contributed by atoms with Crippen molar-refractivity contribution >= 4 is 16.8 Å². The fourth-order valence-corrected chi connectivity index (χ4v) is 5.18. The molecule has 1 fully saturated rings. The van der Waals surface area contributed by atoms with Gasteiger partial charge in [-0.05, 0) is 30.5 Å². The first-order chi connectivity index (χ1) is 15.6. The number of likely N-dealkylation sites (tertiary alicyclic amines) is 1. The van der Waals surface area contributed by atoms with Crippen molar-refractivity contribution in [2.45, 2.75) is 18.9 Å². The van der Waals surface area contributed by atoms with Crippen LogP contribution in [0.3, 0.4) is 0 Å². The van der Waals surface area contributed by atoms with Gasteiger partial charge >= 0.3 is 0 Å². The van der Waals surface area contributed by atoms with Gasteiger partial charge in [0.1, 0.15) is 5.69 Å². The lowest BCUT2D eigenvalue weighted by atomic mass is 9.83. The summed E-state index contributed by atoms with van der Waals surface area (Å²) in [6, 6.07) is 11.1. The van der Waals surface area contributed by atoms with Crippen molar-refractivity contribution in [3.63, 3.8) is 0 Å². The lowest BCUT2D eigenvalue weighted by molar-refractivity contribution is 0.0923. The average molecular weight is 437 g/mol. The molecule has 0 unspecified atom stereocenters. The zero-order valence-corrected chi connectivity index (χ0v) is 18.4. The van der Waals surface area contributed by atoms with E-state index in [9.17, 15) is 9.59 Å². The molecule has 168 valence electrons. The number of H-pyrrole nitrogens is 1. The molecular formula is C24H28N4O4. The van der Waals surface area contributed by atoms with E-state index in [2.05, 4.69) is 21.3 Å². The van der Waals surface area contributed by atoms with Crippen LogP contribution in [-0.2, 0) is 6.54 Å². The lowest BCUT2D eigenvalue weighted by Gasteiger charge is -2.42. The summed E-state index contributed by atoms with van der Waals surface area (Å²) in [5.41, 5.74) is 2.59. The van der Waals surface area contributed by atoms with Crippen LogP contribution < -0.4 is 20.3 Å². The van der Waals surface area contributed by atoms with Crippen molar-refractivity contribution in [3.8, 4) is 11.5 Å². The highest BCUT2D eigenvalue weighted by Gasteiger charge is 2.34. The summed E-state index contributed by atoms with van der Waals surface area (Å²) in [7, 11) is 3.18. The Labute approximate surface area is 186 Å². The minimum Gasteiger partial charge on any atom is -0.493 e. The highest BCUT2D eigenvalue weighted by atomic mass is 16.5. The van der Waals surface area contributed by atoms with E-state index in [-0.39, 0.29) is 11.5 Å².